The average Bonchev–Trinajstić information content (AvgIpc) is 2.64. The van der Waals surface area contributed by atoms with E-state index in [4.69, 9.17) is 6.42 Å². The molecule has 0 aromatic carbocycles. The first kappa shape index (κ1) is 9.82. The Bertz CT molecular complexity index is 258. The second kappa shape index (κ2) is 5.39. The molecule has 0 radical (unpaired) electrons. The van der Waals surface area contributed by atoms with Crippen LogP contribution in [-0.2, 0) is 6.54 Å². The smallest absolute Gasteiger partial charge is 0.0658 e. The van der Waals surface area contributed by atoms with Crippen molar-refractivity contribution in [1.82, 2.24) is 15.1 Å². The number of hydrogen-bond acceptors (Lipinski definition) is 2. The number of aromatic nitrogens is 2. The van der Waals surface area contributed by atoms with E-state index in [1.807, 2.05) is 23.9 Å². The number of nitrogens with one attached hydrogen (secondary N) is 1. The average molecular weight is 177 g/mol. The van der Waals surface area contributed by atoms with Gasteiger partial charge in [0.15, 0.2) is 0 Å². The molecular formula is C10H15N3. The van der Waals surface area contributed by atoms with E-state index in [9.17, 15) is 0 Å². The maximum atomic E-state index is 5.22. The summed E-state index contributed by atoms with van der Waals surface area (Å²) in [6.07, 6.45) is 10.0. The molecule has 0 amide bonds. The van der Waals surface area contributed by atoms with Crippen LogP contribution in [0.2, 0.25) is 0 Å². The van der Waals surface area contributed by atoms with Gasteiger partial charge in [-0.1, -0.05) is 5.92 Å². The molecular weight excluding hydrogens is 162 g/mol. The van der Waals surface area contributed by atoms with Gasteiger partial charge in [0.2, 0.25) is 0 Å². The van der Waals surface area contributed by atoms with Gasteiger partial charge in [0.1, 0.15) is 0 Å². The van der Waals surface area contributed by atoms with E-state index in [-0.39, 0.29) is 6.04 Å². The van der Waals surface area contributed by atoms with Crippen molar-refractivity contribution in [3.63, 3.8) is 0 Å². The summed E-state index contributed by atoms with van der Waals surface area (Å²) in [7, 11) is 0. The van der Waals surface area contributed by atoms with Gasteiger partial charge in [-0.05, 0) is 26.0 Å². The molecule has 0 saturated carbocycles. The van der Waals surface area contributed by atoms with Crippen LogP contribution in [0.15, 0.2) is 18.5 Å². The molecule has 13 heavy (non-hydrogen) atoms. The summed E-state index contributed by atoms with van der Waals surface area (Å²) in [5.74, 6) is 2.63. The van der Waals surface area contributed by atoms with E-state index in [1.165, 1.54) is 0 Å². The molecule has 1 N–H and O–H groups in total. The largest absolute Gasteiger partial charge is 0.304 e. The molecule has 70 valence electrons. The van der Waals surface area contributed by atoms with Gasteiger partial charge in [0.05, 0.1) is 6.04 Å². The molecule has 0 aliphatic rings. The maximum Gasteiger partial charge on any atom is 0.0658 e. The van der Waals surface area contributed by atoms with Crippen LogP contribution in [0, 0.1) is 12.3 Å². The number of hydrogen-bond donors (Lipinski definition) is 1. The van der Waals surface area contributed by atoms with Crippen LogP contribution in [0.4, 0.5) is 0 Å². The first-order valence-electron chi connectivity index (χ1n) is 4.50. The van der Waals surface area contributed by atoms with E-state index in [0.29, 0.717) is 0 Å². The standard InChI is InChI=1S/C10H15N3/c1-3-10(2)11-6-4-8-13-9-5-7-12-13/h1,5,7,9-11H,4,6,8H2,2H3. The Labute approximate surface area is 79.1 Å². The minimum absolute atomic E-state index is 0.164. The van der Waals surface area contributed by atoms with Crippen molar-refractivity contribution < 1.29 is 0 Å². The Balaban J connectivity index is 2.06. The van der Waals surface area contributed by atoms with E-state index in [0.717, 1.165) is 19.5 Å². The third-order valence-electron chi connectivity index (χ3n) is 1.82. The lowest BCUT2D eigenvalue weighted by atomic mass is 10.3. The maximum absolute atomic E-state index is 5.22. The highest BCUT2D eigenvalue weighted by atomic mass is 15.3. The Morgan fingerprint density at radius 3 is 3.15 bits per heavy atom. The van der Waals surface area contributed by atoms with Crippen molar-refractivity contribution in [2.75, 3.05) is 6.54 Å². The molecule has 0 aliphatic carbocycles. The topological polar surface area (TPSA) is 29.9 Å². The molecule has 0 aliphatic heterocycles. The van der Waals surface area contributed by atoms with Crippen LogP contribution in [-0.4, -0.2) is 22.4 Å². The quantitative estimate of drug-likeness (QED) is 0.534. The zero-order valence-electron chi connectivity index (χ0n) is 7.90. The van der Waals surface area contributed by atoms with Crippen molar-refractivity contribution >= 4 is 0 Å². The number of rotatable bonds is 5. The normalized spacial score (nSPS) is 12.3. The zero-order valence-corrected chi connectivity index (χ0v) is 7.90. The fourth-order valence-corrected chi connectivity index (χ4v) is 1.05. The second-order valence-corrected chi connectivity index (χ2v) is 2.97. The molecule has 3 nitrogen and oxygen atoms in total. The van der Waals surface area contributed by atoms with Gasteiger partial charge in [-0.15, -0.1) is 6.42 Å². The summed E-state index contributed by atoms with van der Waals surface area (Å²) < 4.78 is 1.92. The highest BCUT2D eigenvalue weighted by molar-refractivity contribution is 4.95. The van der Waals surface area contributed by atoms with Crippen molar-refractivity contribution in [3.05, 3.63) is 18.5 Å². The SMILES string of the molecule is C#CC(C)NCCCn1cccn1. The number of nitrogens with zero attached hydrogens (tertiary/aromatic N) is 2. The second-order valence-electron chi connectivity index (χ2n) is 2.97. The molecule has 0 fully saturated rings. The van der Waals surface area contributed by atoms with Gasteiger partial charge >= 0.3 is 0 Å². The predicted molar refractivity (Wildman–Crippen MR) is 53.1 cm³/mol. The van der Waals surface area contributed by atoms with E-state index in [1.54, 1.807) is 6.20 Å². The fraction of sp³-hybridized carbons (Fsp3) is 0.500. The van der Waals surface area contributed by atoms with Gasteiger partial charge in [-0.2, -0.15) is 5.10 Å². The van der Waals surface area contributed by atoms with Crippen molar-refractivity contribution in [1.29, 1.82) is 0 Å². The molecule has 1 atom stereocenters. The highest BCUT2D eigenvalue weighted by Gasteiger charge is 1.94. The van der Waals surface area contributed by atoms with Gasteiger partial charge < -0.3 is 5.32 Å². The predicted octanol–water partition coefficient (Wildman–Crippen LogP) is 0.884. The van der Waals surface area contributed by atoms with Crippen LogP contribution in [0.5, 0.6) is 0 Å². The Hall–Kier alpha value is -1.27. The van der Waals surface area contributed by atoms with Gasteiger partial charge in [-0.25, -0.2) is 0 Å². The van der Waals surface area contributed by atoms with Crippen molar-refractivity contribution in [2.45, 2.75) is 25.9 Å². The summed E-state index contributed by atoms with van der Waals surface area (Å²) in [6, 6.07) is 2.09. The van der Waals surface area contributed by atoms with Crippen LogP contribution in [0.25, 0.3) is 0 Å². The molecule has 1 heterocycles. The number of aryl methyl sites for hydroxylation is 1. The molecule has 1 unspecified atom stereocenters. The Morgan fingerprint density at radius 1 is 1.69 bits per heavy atom. The first-order chi connectivity index (χ1) is 6.33. The van der Waals surface area contributed by atoms with Gasteiger partial charge in [0, 0.05) is 18.9 Å². The van der Waals surface area contributed by atoms with Gasteiger partial charge in [-0.3, -0.25) is 4.68 Å². The number of terminal acetylenes is 1. The van der Waals surface area contributed by atoms with Gasteiger partial charge in [0.25, 0.3) is 0 Å². The fourth-order valence-electron chi connectivity index (χ4n) is 1.05. The van der Waals surface area contributed by atoms with E-state index >= 15 is 0 Å². The molecule has 0 spiro atoms. The van der Waals surface area contributed by atoms with Crippen molar-refractivity contribution in [2.24, 2.45) is 0 Å². The third-order valence-corrected chi connectivity index (χ3v) is 1.82. The molecule has 1 aromatic heterocycles. The highest BCUT2D eigenvalue weighted by Crippen LogP contribution is 1.88. The molecule has 0 bridgehead atoms. The molecule has 3 heteroatoms. The minimum Gasteiger partial charge on any atom is -0.304 e. The minimum atomic E-state index is 0.164. The molecule has 0 saturated heterocycles. The molecule has 1 aromatic rings. The zero-order chi connectivity index (χ0) is 9.52. The summed E-state index contributed by atoms with van der Waals surface area (Å²) in [5.41, 5.74) is 0. The van der Waals surface area contributed by atoms with Crippen LogP contribution >= 0.6 is 0 Å². The van der Waals surface area contributed by atoms with Crippen LogP contribution < -0.4 is 5.32 Å². The Kier molecular flexibility index (Phi) is 4.07. The molecule has 1 rings (SSSR count). The summed E-state index contributed by atoms with van der Waals surface area (Å²) in [5, 5.41) is 7.32. The summed E-state index contributed by atoms with van der Waals surface area (Å²) in [6.45, 7) is 3.86. The first-order valence-corrected chi connectivity index (χ1v) is 4.50. The lowest BCUT2D eigenvalue weighted by Crippen LogP contribution is -2.26. The third kappa shape index (κ3) is 3.77. The Morgan fingerprint density at radius 2 is 2.54 bits per heavy atom. The van der Waals surface area contributed by atoms with E-state index in [2.05, 4.69) is 16.3 Å². The monoisotopic (exact) mass is 177 g/mol. The van der Waals surface area contributed by atoms with Crippen LogP contribution in [0.3, 0.4) is 0 Å². The summed E-state index contributed by atoms with van der Waals surface area (Å²) >= 11 is 0. The lowest BCUT2D eigenvalue weighted by molar-refractivity contribution is 0.533. The lowest BCUT2D eigenvalue weighted by Gasteiger charge is -2.06. The van der Waals surface area contributed by atoms with Crippen molar-refractivity contribution in [3.8, 4) is 12.3 Å². The van der Waals surface area contributed by atoms with Crippen LogP contribution in [0.1, 0.15) is 13.3 Å². The summed E-state index contributed by atoms with van der Waals surface area (Å²) in [4.78, 5) is 0. The van der Waals surface area contributed by atoms with E-state index < -0.39 is 0 Å².